The highest BCUT2D eigenvalue weighted by atomic mass is 16.4. The van der Waals surface area contributed by atoms with E-state index in [1.54, 1.807) is 6.92 Å². The lowest BCUT2D eigenvalue weighted by Gasteiger charge is -2.03. The lowest BCUT2D eigenvalue weighted by atomic mass is 10.3. The molecule has 0 bridgehead atoms. The highest BCUT2D eigenvalue weighted by Gasteiger charge is 2.06. The Hall–Kier alpha value is -0.570. The lowest BCUT2D eigenvalue weighted by Crippen LogP contribution is -2.33. The molecule has 48 valence electrons. The summed E-state index contributed by atoms with van der Waals surface area (Å²) in [5.74, 6) is -0.799. The summed E-state index contributed by atoms with van der Waals surface area (Å²) in [5, 5.41) is 11.0. The first kappa shape index (κ1) is 7.43. The van der Waals surface area contributed by atoms with Gasteiger partial charge in [-0.1, -0.05) is 6.92 Å². The number of hydrogen-bond acceptors (Lipinski definition) is 2. The Balaban J connectivity index is 3.32. The zero-order valence-electron chi connectivity index (χ0n) is 5.14. The molecule has 0 fully saturated rings. The van der Waals surface area contributed by atoms with E-state index in [2.05, 4.69) is 5.32 Å². The average Bonchev–Trinajstić information content (AvgIpc) is 1.67. The second-order valence-corrected chi connectivity index (χ2v) is 1.62. The van der Waals surface area contributed by atoms with Crippen LogP contribution in [0.5, 0.6) is 0 Å². The van der Waals surface area contributed by atoms with Gasteiger partial charge >= 0.3 is 5.97 Å². The van der Waals surface area contributed by atoms with Gasteiger partial charge in [0.15, 0.2) is 0 Å². The van der Waals surface area contributed by atoms with Crippen molar-refractivity contribution in [3.05, 3.63) is 0 Å². The minimum absolute atomic E-state index is 0.417. The number of carbonyl (C=O) groups is 1. The van der Waals surface area contributed by atoms with E-state index in [1.165, 1.54) is 0 Å². The van der Waals surface area contributed by atoms with E-state index in [-0.39, 0.29) is 0 Å². The molecule has 0 spiro atoms. The smallest absolute Gasteiger partial charge is 0.320 e. The SMILES string of the molecule is CCN[C@@H](C)C(=O)O. The van der Waals surface area contributed by atoms with Crippen molar-refractivity contribution in [3.63, 3.8) is 0 Å². The topological polar surface area (TPSA) is 49.3 Å². The van der Waals surface area contributed by atoms with E-state index < -0.39 is 12.0 Å². The van der Waals surface area contributed by atoms with Gasteiger partial charge in [0.05, 0.1) is 0 Å². The maximum atomic E-state index is 10.0. The average molecular weight is 117 g/mol. The Morgan fingerprint density at radius 3 is 2.50 bits per heavy atom. The fourth-order valence-electron chi connectivity index (χ4n) is 0.393. The summed E-state index contributed by atoms with van der Waals surface area (Å²) in [7, 11) is 0. The molecule has 1 atom stereocenters. The molecule has 0 aromatic heterocycles. The monoisotopic (exact) mass is 117 g/mol. The molecule has 0 amide bonds. The number of carboxylic acids is 1. The van der Waals surface area contributed by atoms with Crippen molar-refractivity contribution in [2.24, 2.45) is 0 Å². The van der Waals surface area contributed by atoms with E-state index in [0.717, 1.165) is 0 Å². The van der Waals surface area contributed by atoms with Crippen LogP contribution in [0.25, 0.3) is 0 Å². The number of hydrogen-bond donors (Lipinski definition) is 2. The third-order valence-corrected chi connectivity index (χ3v) is 0.881. The number of nitrogens with one attached hydrogen (secondary N) is 1. The molecule has 0 unspecified atom stereocenters. The van der Waals surface area contributed by atoms with Crippen LogP contribution in [0.15, 0.2) is 0 Å². The molecule has 0 aromatic carbocycles. The molecule has 3 nitrogen and oxygen atoms in total. The first-order valence-corrected chi connectivity index (χ1v) is 2.64. The van der Waals surface area contributed by atoms with E-state index in [4.69, 9.17) is 5.11 Å². The lowest BCUT2D eigenvalue weighted by molar-refractivity contribution is -0.138. The number of rotatable bonds is 3. The van der Waals surface area contributed by atoms with Crippen LogP contribution in [0.1, 0.15) is 13.8 Å². The molecule has 2 N–H and O–H groups in total. The third-order valence-electron chi connectivity index (χ3n) is 0.881. The zero-order chi connectivity index (χ0) is 6.57. The van der Waals surface area contributed by atoms with Crippen LogP contribution in [0.2, 0.25) is 0 Å². The molecule has 0 rings (SSSR count). The largest absolute Gasteiger partial charge is 0.480 e. The minimum Gasteiger partial charge on any atom is -0.480 e. The van der Waals surface area contributed by atoms with E-state index in [1.807, 2.05) is 6.92 Å². The maximum Gasteiger partial charge on any atom is 0.320 e. The van der Waals surface area contributed by atoms with Crippen LogP contribution in [-0.4, -0.2) is 23.7 Å². The van der Waals surface area contributed by atoms with Gasteiger partial charge in [0.1, 0.15) is 6.04 Å². The predicted octanol–water partition coefficient (Wildman–Crippen LogP) is 0.0690. The summed E-state index contributed by atoms with van der Waals surface area (Å²) >= 11 is 0. The van der Waals surface area contributed by atoms with Gasteiger partial charge in [-0.2, -0.15) is 0 Å². The molecule has 0 heterocycles. The predicted molar refractivity (Wildman–Crippen MR) is 30.8 cm³/mol. The molecular formula is C5H11NO2. The molecule has 0 aliphatic rings. The van der Waals surface area contributed by atoms with Crippen LogP contribution in [0.3, 0.4) is 0 Å². The fourth-order valence-corrected chi connectivity index (χ4v) is 0.393. The van der Waals surface area contributed by atoms with Crippen LogP contribution in [0.4, 0.5) is 0 Å². The molecule has 0 saturated heterocycles. The summed E-state index contributed by atoms with van der Waals surface area (Å²) in [4.78, 5) is 10.0. The van der Waals surface area contributed by atoms with Crippen molar-refractivity contribution in [1.29, 1.82) is 0 Å². The fraction of sp³-hybridized carbons (Fsp3) is 0.800. The molecule has 0 aliphatic carbocycles. The van der Waals surface area contributed by atoms with Crippen LogP contribution in [0, 0.1) is 0 Å². The Labute approximate surface area is 48.7 Å². The van der Waals surface area contributed by atoms with Gasteiger partial charge in [0.25, 0.3) is 0 Å². The Kier molecular flexibility index (Phi) is 3.19. The number of carboxylic acid groups (broad SMARTS) is 1. The van der Waals surface area contributed by atoms with Crippen molar-refractivity contribution in [2.45, 2.75) is 19.9 Å². The maximum absolute atomic E-state index is 10.0. The molecular weight excluding hydrogens is 106 g/mol. The summed E-state index contributed by atoms with van der Waals surface area (Å²) in [6, 6.07) is -0.417. The zero-order valence-corrected chi connectivity index (χ0v) is 5.14. The second kappa shape index (κ2) is 3.43. The normalized spacial score (nSPS) is 13.2. The van der Waals surface area contributed by atoms with Crippen LogP contribution in [-0.2, 0) is 4.79 Å². The van der Waals surface area contributed by atoms with Crippen molar-refractivity contribution < 1.29 is 9.90 Å². The minimum atomic E-state index is -0.799. The standard InChI is InChI=1S/C5H11NO2/c1-3-6-4(2)5(7)8/h4,6H,3H2,1-2H3,(H,7,8)/t4-/m0/s1. The number of likely N-dealkylation sites (N-methyl/N-ethyl adjacent to an activating group) is 1. The molecule has 8 heavy (non-hydrogen) atoms. The summed E-state index contributed by atoms with van der Waals surface area (Å²) in [6.45, 7) is 4.19. The molecule has 3 heteroatoms. The van der Waals surface area contributed by atoms with Crippen molar-refractivity contribution in [3.8, 4) is 0 Å². The van der Waals surface area contributed by atoms with Gasteiger partial charge in [0.2, 0.25) is 0 Å². The van der Waals surface area contributed by atoms with Gasteiger partial charge in [0, 0.05) is 0 Å². The van der Waals surface area contributed by atoms with Gasteiger partial charge in [-0.25, -0.2) is 0 Å². The van der Waals surface area contributed by atoms with Crippen LogP contribution >= 0.6 is 0 Å². The quantitative estimate of drug-likeness (QED) is 0.550. The Morgan fingerprint density at radius 2 is 2.38 bits per heavy atom. The van der Waals surface area contributed by atoms with E-state index >= 15 is 0 Å². The third kappa shape index (κ3) is 2.58. The molecule has 0 saturated carbocycles. The number of aliphatic carboxylic acids is 1. The highest BCUT2D eigenvalue weighted by molar-refractivity contribution is 5.72. The van der Waals surface area contributed by atoms with Crippen molar-refractivity contribution in [2.75, 3.05) is 6.54 Å². The molecule has 0 aliphatic heterocycles. The molecule has 0 radical (unpaired) electrons. The van der Waals surface area contributed by atoms with Gasteiger partial charge in [-0.05, 0) is 13.5 Å². The van der Waals surface area contributed by atoms with Gasteiger partial charge in [-0.3, -0.25) is 4.79 Å². The first-order valence-electron chi connectivity index (χ1n) is 2.64. The Bertz CT molecular complexity index is 82.5. The summed E-state index contributed by atoms with van der Waals surface area (Å²) < 4.78 is 0. The highest BCUT2D eigenvalue weighted by Crippen LogP contribution is 1.77. The van der Waals surface area contributed by atoms with Crippen LogP contribution < -0.4 is 5.32 Å². The van der Waals surface area contributed by atoms with Gasteiger partial charge < -0.3 is 10.4 Å². The van der Waals surface area contributed by atoms with E-state index in [0.29, 0.717) is 6.54 Å². The van der Waals surface area contributed by atoms with Crippen molar-refractivity contribution >= 4 is 5.97 Å². The van der Waals surface area contributed by atoms with Gasteiger partial charge in [-0.15, -0.1) is 0 Å². The van der Waals surface area contributed by atoms with E-state index in [9.17, 15) is 4.79 Å². The molecule has 0 aromatic rings. The first-order chi connectivity index (χ1) is 3.68. The summed E-state index contributed by atoms with van der Waals surface area (Å²) in [6.07, 6.45) is 0. The second-order valence-electron chi connectivity index (χ2n) is 1.62. The Morgan fingerprint density at radius 1 is 1.88 bits per heavy atom. The van der Waals surface area contributed by atoms with Crippen molar-refractivity contribution in [1.82, 2.24) is 5.32 Å². The summed E-state index contributed by atoms with van der Waals surface area (Å²) in [5.41, 5.74) is 0.